The van der Waals surface area contributed by atoms with Gasteiger partial charge in [-0.2, -0.15) is 0 Å². The number of aliphatic hydroxyl groups is 1. The molecule has 1 unspecified atom stereocenters. The Hall–Kier alpha value is -4.35. The molecule has 2 aliphatic rings. The molecular formula is C33H28N2O7S. The van der Waals surface area contributed by atoms with E-state index in [1.165, 1.54) is 18.2 Å². The number of rotatable bonds is 9. The number of pyridine rings is 1. The molecule has 0 aliphatic carbocycles. The minimum Gasteiger partial charge on any atom is -0.392 e. The predicted molar refractivity (Wildman–Crippen MR) is 157 cm³/mol. The molecule has 3 aromatic carbocycles. The van der Waals surface area contributed by atoms with Gasteiger partial charge in [-0.05, 0) is 47.0 Å². The number of amides is 1. The maximum absolute atomic E-state index is 12.7. The fraction of sp³-hybridized carbons (Fsp3) is 0.212. The molecule has 0 saturated carbocycles. The average molecular weight is 597 g/mol. The molecule has 2 N–H and O–H groups in total. The van der Waals surface area contributed by atoms with Gasteiger partial charge in [0.25, 0.3) is 5.91 Å². The number of carbonyl (C=O) groups excluding carboxylic acids is 3. The lowest BCUT2D eigenvalue weighted by Crippen LogP contribution is -2.31. The molecule has 218 valence electrons. The highest BCUT2D eigenvalue weighted by Crippen LogP contribution is 2.39. The Kier molecular flexibility index (Phi) is 8.62. The Labute approximate surface area is 252 Å². The van der Waals surface area contributed by atoms with E-state index in [4.69, 9.17) is 9.47 Å². The summed E-state index contributed by atoms with van der Waals surface area (Å²) in [6.45, 7) is 0.242. The Balaban J connectivity index is 1.12. The molecule has 3 heterocycles. The third-order valence-corrected chi connectivity index (χ3v) is 8.36. The maximum Gasteiger partial charge on any atom is 0.346 e. The van der Waals surface area contributed by atoms with Gasteiger partial charge in [0.15, 0.2) is 6.29 Å². The van der Waals surface area contributed by atoms with Crippen LogP contribution in [0.2, 0.25) is 0 Å². The number of aromatic nitrogens is 1. The lowest BCUT2D eigenvalue weighted by Gasteiger charge is -2.36. The van der Waals surface area contributed by atoms with Crippen molar-refractivity contribution in [2.75, 3.05) is 5.75 Å². The molecule has 3 atom stereocenters. The smallest absolute Gasteiger partial charge is 0.346 e. The number of hydrogen-bond acceptors (Lipinski definition) is 9. The summed E-state index contributed by atoms with van der Waals surface area (Å²) in [7, 11) is 0. The highest BCUT2D eigenvalue weighted by Gasteiger charge is 2.33. The zero-order valence-corrected chi connectivity index (χ0v) is 23.8. The monoisotopic (exact) mass is 596 g/mol. The number of carbonyl (C=O) groups is 3. The molecule has 1 fully saturated rings. The lowest BCUT2D eigenvalue weighted by atomic mass is 10.0. The molecule has 9 nitrogen and oxygen atoms in total. The van der Waals surface area contributed by atoms with E-state index in [9.17, 15) is 19.5 Å². The number of benzene rings is 3. The highest BCUT2D eigenvalue weighted by atomic mass is 32.2. The third-order valence-electron chi connectivity index (χ3n) is 7.28. The topological polar surface area (TPSA) is 124 Å². The minimum absolute atomic E-state index is 0.0172. The Morgan fingerprint density at radius 2 is 1.63 bits per heavy atom. The average Bonchev–Trinajstić information content (AvgIpc) is 3.35. The lowest BCUT2D eigenvalue weighted by molar-refractivity contribution is -0.245. The van der Waals surface area contributed by atoms with Gasteiger partial charge >= 0.3 is 11.9 Å². The molecule has 1 saturated heterocycles. The van der Waals surface area contributed by atoms with Gasteiger partial charge in [0, 0.05) is 36.0 Å². The van der Waals surface area contributed by atoms with Crippen LogP contribution in [0.15, 0.2) is 96.2 Å². The SMILES string of the molecule is O=C(NCc1ccc(C2O[C@H](CSc3ccccn3)C[C@H](c3ccc(CO)cc3)O2)cc1)c1ccc2c(c1)C(=O)OC2=O. The quantitative estimate of drug-likeness (QED) is 0.153. The summed E-state index contributed by atoms with van der Waals surface area (Å²) in [5.74, 6) is -1.12. The van der Waals surface area contributed by atoms with Crippen molar-refractivity contribution in [2.24, 2.45) is 0 Å². The summed E-state index contributed by atoms with van der Waals surface area (Å²) in [4.78, 5) is 40.6. The fourth-order valence-electron chi connectivity index (χ4n) is 4.94. The van der Waals surface area contributed by atoms with Gasteiger partial charge in [-0.25, -0.2) is 14.6 Å². The second-order valence-corrected chi connectivity index (χ2v) is 11.2. The number of cyclic esters (lactones) is 2. The third kappa shape index (κ3) is 6.68. The summed E-state index contributed by atoms with van der Waals surface area (Å²) in [6.07, 6.45) is 1.57. The summed E-state index contributed by atoms with van der Waals surface area (Å²) in [6, 6.07) is 25.5. The second kappa shape index (κ2) is 12.9. The van der Waals surface area contributed by atoms with Gasteiger partial charge in [-0.1, -0.05) is 54.6 Å². The number of esters is 2. The van der Waals surface area contributed by atoms with Crippen LogP contribution in [0.1, 0.15) is 72.1 Å². The zero-order chi connectivity index (χ0) is 29.8. The Bertz CT molecular complexity index is 1630. The van der Waals surface area contributed by atoms with Crippen molar-refractivity contribution >= 4 is 29.6 Å². The number of aliphatic hydroxyl groups excluding tert-OH is 1. The van der Waals surface area contributed by atoms with Crippen LogP contribution in [0, 0.1) is 0 Å². The van der Waals surface area contributed by atoms with E-state index < -0.39 is 18.2 Å². The number of thioether (sulfide) groups is 1. The van der Waals surface area contributed by atoms with Crippen molar-refractivity contribution in [1.82, 2.24) is 10.3 Å². The first kappa shape index (κ1) is 28.8. The molecule has 4 aromatic rings. The van der Waals surface area contributed by atoms with E-state index in [-0.39, 0.29) is 48.0 Å². The van der Waals surface area contributed by atoms with Crippen LogP contribution in [-0.4, -0.2) is 39.8 Å². The van der Waals surface area contributed by atoms with E-state index in [2.05, 4.69) is 15.0 Å². The van der Waals surface area contributed by atoms with Gasteiger partial charge in [0.05, 0.1) is 35.0 Å². The van der Waals surface area contributed by atoms with Gasteiger partial charge in [0.1, 0.15) is 0 Å². The number of nitrogens with one attached hydrogen (secondary N) is 1. The zero-order valence-electron chi connectivity index (χ0n) is 23.0. The first-order valence-corrected chi connectivity index (χ1v) is 14.8. The molecule has 43 heavy (non-hydrogen) atoms. The standard InChI is InChI=1S/C33H28N2O7S/c36-18-21-6-8-22(9-7-21)28-16-25(19-43-29-3-1-2-14-34-29)40-33(41-28)23-10-4-20(5-11-23)17-35-30(37)24-12-13-26-27(15-24)32(39)42-31(26)38/h1-15,25,28,33,36H,16-19H2,(H,35,37)/t25-,28+,33?/m0/s1. The minimum atomic E-state index is -0.751. The number of hydrogen-bond donors (Lipinski definition) is 2. The molecule has 10 heteroatoms. The largest absolute Gasteiger partial charge is 0.392 e. The van der Waals surface area contributed by atoms with Crippen LogP contribution in [0.3, 0.4) is 0 Å². The van der Waals surface area contributed by atoms with Crippen LogP contribution in [-0.2, 0) is 27.4 Å². The molecule has 1 amide bonds. The van der Waals surface area contributed by atoms with Crippen molar-refractivity contribution in [3.8, 4) is 0 Å². The molecule has 0 bridgehead atoms. The molecule has 6 rings (SSSR count). The second-order valence-electron chi connectivity index (χ2n) is 10.2. The van der Waals surface area contributed by atoms with Gasteiger partial charge in [-0.15, -0.1) is 11.8 Å². The van der Waals surface area contributed by atoms with E-state index in [0.717, 1.165) is 27.3 Å². The Morgan fingerprint density at radius 3 is 2.37 bits per heavy atom. The van der Waals surface area contributed by atoms with Crippen LogP contribution >= 0.6 is 11.8 Å². The number of fused-ring (bicyclic) bond motifs is 1. The highest BCUT2D eigenvalue weighted by molar-refractivity contribution is 7.99. The summed E-state index contributed by atoms with van der Waals surface area (Å²) < 4.78 is 17.4. The number of ether oxygens (including phenoxy) is 3. The van der Waals surface area contributed by atoms with E-state index in [1.807, 2.05) is 66.7 Å². The van der Waals surface area contributed by atoms with Crippen LogP contribution in [0.25, 0.3) is 0 Å². The summed E-state index contributed by atoms with van der Waals surface area (Å²) >= 11 is 1.64. The van der Waals surface area contributed by atoms with Gasteiger partial charge in [0.2, 0.25) is 0 Å². The molecule has 1 aromatic heterocycles. The first-order valence-electron chi connectivity index (χ1n) is 13.8. The van der Waals surface area contributed by atoms with E-state index in [0.29, 0.717) is 12.2 Å². The first-order chi connectivity index (χ1) is 21.0. The van der Waals surface area contributed by atoms with Gasteiger partial charge in [-0.3, -0.25) is 4.79 Å². The normalized spacial score (nSPS) is 19.5. The van der Waals surface area contributed by atoms with Gasteiger partial charge < -0.3 is 24.6 Å². The number of nitrogens with zero attached hydrogens (tertiary/aromatic N) is 1. The molecule has 0 radical (unpaired) electrons. The summed E-state index contributed by atoms with van der Waals surface area (Å²) in [5, 5.41) is 13.2. The van der Waals surface area contributed by atoms with Crippen LogP contribution in [0.5, 0.6) is 0 Å². The summed E-state index contributed by atoms with van der Waals surface area (Å²) in [5.41, 5.74) is 4.08. The van der Waals surface area contributed by atoms with Crippen molar-refractivity contribution in [2.45, 2.75) is 43.1 Å². The Morgan fingerprint density at radius 1 is 0.884 bits per heavy atom. The fourth-order valence-corrected chi connectivity index (χ4v) is 5.82. The van der Waals surface area contributed by atoms with Crippen molar-refractivity contribution < 1.29 is 33.7 Å². The molecule has 2 aliphatic heterocycles. The van der Waals surface area contributed by atoms with E-state index in [1.54, 1.807) is 18.0 Å². The predicted octanol–water partition coefficient (Wildman–Crippen LogP) is 5.15. The van der Waals surface area contributed by atoms with Crippen LogP contribution in [0.4, 0.5) is 0 Å². The van der Waals surface area contributed by atoms with E-state index >= 15 is 0 Å². The molecular weight excluding hydrogens is 568 g/mol. The van der Waals surface area contributed by atoms with Crippen LogP contribution < -0.4 is 5.32 Å². The molecule has 0 spiro atoms. The maximum atomic E-state index is 12.7. The van der Waals surface area contributed by atoms with Crippen molar-refractivity contribution in [1.29, 1.82) is 0 Å². The van der Waals surface area contributed by atoms with Crippen molar-refractivity contribution in [3.63, 3.8) is 0 Å². The van der Waals surface area contributed by atoms with Crippen molar-refractivity contribution in [3.05, 3.63) is 130 Å².